The molecule has 0 unspecified atom stereocenters. The minimum Gasteiger partial charge on any atom is -0.475 e. The molecule has 8 nitrogen and oxygen atoms in total. The Morgan fingerprint density at radius 1 is 1.00 bits per heavy atom. The van der Waals surface area contributed by atoms with Crippen LogP contribution in [-0.2, 0) is 17.9 Å². The molecule has 13 heteroatoms. The molecule has 2 aromatic carbocycles. The zero-order valence-corrected chi connectivity index (χ0v) is 21.7. The molecule has 4 aromatic rings. The van der Waals surface area contributed by atoms with Gasteiger partial charge in [-0.3, -0.25) is 14.3 Å². The number of thiazole rings is 1. The first-order chi connectivity index (χ1) is 18.5. The molecule has 2 aromatic heterocycles. The van der Waals surface area contributed by atoms with Crippen molar-refractivity contribution < 1.29 is 27.5 Å². The van der Waals surface area contributed by atoms with Crippen molar-refractivity contribution in [1.82, 2.24) is 24.3 Å². The molecule has 39 heavy (non-hydrogen) atoms. The van der Waals surface area contributed by atoms with Crippen LogP contribution in [0.25, 0.3) is 22.2 Å². The van der Waals surface area contributed by atoms with E-state index in [1.54, 1.807) is 22.8 Å². The van der Waals surface area contributed by atoms with E-state index in [4.69, 9.17) is 14.9 Å². The molecule has 1 saturated heterocycles. The van der Waals surface area contributed by atoms with Crippen molar-refractivity contribution in [2.45, 2.75) is 19.3 Å². The molecule has 1 fully saturated rings. The molecule has 0 saturated carbocycles. The number of fused-ring (bicyclic) bond motifs is 1. The van der Waals surface area contributed by atoms with Crippen molar-refractivity contribution >= 4 is 28.2 Å². The van der Waals surface area contributed by atoms with Gasteiger partial charge in [-0.15, -0.1) is 11.3 Å². The highest BCUT2D eigenvalue weighted by molar-refractivity contribution is 7.09. The van der Waals surface area contributed by atoms with Crippen molar-refractivity contribution in [2.24, 2.45) is 0 Å². The van der Waals surface area contributed by atoms with Gasteiger partial charge in [0.25, 0.3) is 5.56 Å². The van der Waals surface area contributed by atoms with Crippen LogP contribution in [-0.4, -0.2) is 74.8 Å². The van der Waals surface area contributed by atoms with Crippen LogP contribution in [0, 0.1) is 5.82 Å². The first-order valence-corrected chi connectivity index (χ1v) is 12.8. The van der Waals surface area contributed by atoms with E-state index >= 15 is 0 Å². The largest absolute Gasteiger partial charge is 0.490 e. The lowest BCUT2D eigenvalue weighted by Crippen LogP contribution is -2.44. The highest BCUT2D eigenvalue weighted by Gasteiger charge is 2.38. The molecule has 0 aliphatic carbocycles. The molecule has 1 aliphatic heterocycles. The van der Waals surface area contributed by atoms with Gasteiger partial charge in [0.2, 0.25) is 0 Å². The Morgan fingerprint density at radius 2 is 1.64 bits per heavy atom. The monoisotopic (exact) mass is 563 g/mol. The minimum atomic E-state index is -5.08. The van der Waals surface area contributed by atoms with E-state index in [9.17, 15) is 22.4 Å². The number of para-hydroxylation sites is 1. The van der Waals surface area contributed by atoms with Gasteiger partial charge >= 0.3 is 12.1 Å². The number of nitrogens with zero attached hydrogens (tertiary/aromatic N) is 5. The third kappa shape index (κ3) is 7.05. The van der Waals surface area contributed by atoms with Crippen LogP contribution in [0.1, 0.15) is 10.8 Å². The fraction of sp³-hybridized carbons (Fsp3) is 0.308. The second kappa shape index (κ2) is 12.0. The number of aromatic nitrogens is 3. The van der Waals surface area contributed by atoms with E-state index in [0.29, 0.717) is 35.2 Å². The number of rotatable bonds is 5. The smallest absolute Gasteiger partial charge is 0.475 e. The lowest BCUT2D eigenvalue weighted by Gasteiger charge is -2.32. The van der Waals surface area contributed by atoms with Gasteiger partial charge < -0.3 is 10.0 Å². The topological polar surface area (TPSA) is 91.6 Å². The second-order valence-electron chi connectivity index (χ2n) is 8.93. The molecule has 206 valence electrons. The number of carboxylic acids is 1. The lowest BCUT2D eigenvalue weighted by atomic mass is 10.2. The number of alkyl halides is 3. The van der Waals surface area contributed by atoms with E-state index in [0.717, 1.165) is 37.0 Å². The van der Waals surface area contributed by atoms with E-state index in [-0.39, 0.29) is 11.4 Å². The SMILES string of the molecule is CN1CCN(Cc2nc3ccccc3c(=O)n2Cc2nc(-c3ccccc3F)cs2)CC1.O=C(O)C(F)(F)F. The second-order valence-corrected chi connectivity index (χ2v) is 9.87. The predicted molar refractivity (Wildman–Crippen MR) is 139 cm³/mol. The van der Waals surface area contributed by atoms with Crippen LogP contribution >= 0.6 is 11.3 Å². The van der Waals surface area contributed by atoms with Crippen LogP contribution < -0.4 is 5.56 Å². The molecule has 0 radical (unpaired) electrons. The molecule has 3 heterocycles. The fourth-order valence-corrected chi connectivity index (χ4v) is 4.80. The number of hydrogen-bond acceptors (Lipinski definition) is 7. The van der Waals surface area contributed by atoms with E-state index in [1.165, 1.54) is 17.4 Å². The number of hydrogen-bond donors (Lipinski definition) is 1. The summed E-state index contributed by atoms with van der Waals surface area (Å²) < 4.78 is 47.7. The van der Waals surface area contributed by atoms with Crippen molar-refractivity contribution in [3.63, 3.8) is 0 Å². The van der Waals surface area contributed by atoms with Gasteiger partial charge in [0.15, 0.2) is 0 Å². The average Bonchev–Trinajstić information content (AvgIpc) is 3.36. The van der Waals surface area contributed by atoms with Crippen molar-refractivity contribution in [1.29, 1.82) is 0 Å². The van der Waals surface area contributed by atoms with Crippen LogP contribution in [0.5, 0.6) is 0 Å². The van der Waals surface area contributed by atoms with Gasteiger partial charge in [-0.1, -0.05) is 24.3 Å². The Bertz CT molecular complexity index is 1510. The van der Waals surface area contributed by atoms with Crippen LogP contribution in [0.4, 0.5) is 17.6 Å². The number of aliphatic carboxylic acids is 1. The summed E-state index contributed by atoms with van der Waals surface area (Å²) in [5.41, 5.74) is 1.70. The third-order valence-corrected chi connectivity index (χ3v) is 6.97. The molecule has 1 aliphatic rings. The molecular formula is C26H25F4N5O3S. The molecule has 5 rings (SSSR count). The van der Waals surface area contributed by atoms with Crippen LogP contribution in [0.15, 0.2) is 58.7 Å². The molecular weight excluding hydrogens is 538 g/mol. The quantitative estimate of drug-likeness (QED) is 0.366. The maximum Gasteiger partial charge on any atom is 0.490 e. The predicted octanol–water partition coefficient (Wildman–Crippen LogP) is 4.09. The Kier molecular flexibility index (Phi) is 8.73. The Balaban J connectivity index is 0.000000448. The Hall–Kier alpha value is -3.68. The number of halogens is 4. The maximum atomic E-state index is 14.2. The number of likely N-dealkylation sites (N-methyl/N-ethyl adjacent to an activating group) is 1. The summed E-state index contributed by atoms with van der Waals surface area (Å²) in [6.07, 6.45) is -5.08. The first-order valence-electron chi connectivity index (χ1n) is 11.9. The summed E-state index contributed by atoms with van der Waals surface area (Å²) in [7, 11) is 2.12. The average molecular weight is 564 g/mol. The minimum absolute atomic E-state index is 0.0673. The summed E-state index contributed by atoms with van der Waals surface area (Å²) in [6.45, 7) is 4.80. The van der Waals surface area contributed by atoms with Gasteiger partial charge in [-0.05, 0) is 31.3 Å². The van der Waals surface area contributed by atoms with Gasteiger partial charge in [-0.2, -0.15) is 13.2 Å². The maximum absolute atomic E-state index is 14.2. The number of carboxylic acid groups (broad SMARTS) is 1. The lowest BCUT2D eigenvalue weighted by molar-refractivity contribution is -0.192. The van der Waals surface area contributed by atoms with E-state index in [2.05, 4.69) is 21.8 Å². The summed E-state index contributed by atoms with van der Waals surface area (Å²) in [6, 6.07) is 14.1. The molecule has 0 atom stereocenters. The Morgan fingerprint density at radius 3 is 2.31 bits per heavy atom. The Labute approximate surface area is 224 Å². The molecule has 0 spiro atoms. The number of benzene rings is 2. The van der Waals surface area contributed by atoms with E-state index in [1.807, 2.05) is 29.6 Å². The van der Waals surface area contributed by atoms with Crippen LogP contribution in [0.2, 0.25) is 0 Å². The highest BCUT2D eigenvalue weighted by atomic mass is 32.1. The molecule has 0 bridgehead atoms. The normalized spacial score (nSPS) is 14.7. The van der Waals surface area contributed by atoms with Crippen LogP contribution in [0.3, 0.4) is 0 Å². The number of piperazine rings is 1. The third-order valence-electron chi connectivity index (χ3n) is 6.14. The summed E-state index contributed by atoms with van der Waals surface area (Å²) in [5.74, 6) is -2.32. The van der Waals surface area contributed by atoms with Gasteiger partial charge in [0.05, 0.1) is 29.7 Å². The highest BCUT2D eigenvalue weighted by Crippen LogP contribution is 2.25. The van der Waals surface area contributed by atoms with Crippen molar-refractivity contribution in [2.75, 3.05) is 33.2 Å². The molecule has 0 amide bonds. The summed E-state index contributed by atoms with van der Waals surface area (Å²) in [5, 5.41) is 10.3. The standard InChI is InChI=1S/C24H24FN5OS.C2HF3O2/c1-28-10-12-29(13-11-28)14-22-26-20-9-5-3-7-18(20)24(31)30(22)15-23-27-21(16-32-23)17-6-2-4-8-19(17)25;3-2(4,5)1(6)7/h2-9,16H,10-15H2,1H3;(H,6,7). The number of carbonyl (C=O) groups is 1. The van der Waals surface area contributed by atoms with E-state index < -0.39 is 12.1 Å². The summed E-state index contributed by atoms with van der Waals surface area (Å²) >= 11 is 1.43. The first kappa shape index (κ1) is 28.3. The van der Waals surface area contributed by atoms with Gasteiger partial charge in [0, 0.05) is 37.1 Å². The van der Waals surface area contributed by atoms with Crippen molar-refractivity contribution in [3.8, 4) is 11.3 Å². The zero-order chi connectivity index (χ0) is 28.2. The molecule has 1 N–H and O–H groups in total. The summed E-state index contributed by atoms with van der Waals surface area (Å²) in [4.78, 5) is 36.4. The zero-order valence-electron chi connectivity index (χ0n) is 20.9. The van der Waals surface area contributed by atoms with Gasteiger partial charge in [-0.25, -0.2) is 19.2 Å². The van der Waals surface area contributed by atoms with Crippen molar-refractivity contribution in [3.05, 3.63) is 80.9 Å². The van der Waals surface area contributed by atoms with Gasteiger partial charge in [0.1, 0.15) is 16.6 Å². The fourth-order valence-electron chi connectivity index (χ4n) is 4.02.